The molecule has 0 radical (unpaired) electrons. The minimum Gasteiger partial charge on any atom is -0.342 e. The number of allylic oxidation sites excluding steroid dienone is 1. The highest BCUT2D eigenvalue weighted by molar-refractivity contribution is 5.83. The summed E-state index contributed by atoms with van der Waals surface area (Å²) in [5.74, 6) is 0.681. The van der Waals surface area contributed by atoms with Crippen molar-refractivity contribution in [1.82, 2.24) is 19.3 Å². The van der Waals surface area contributed by atoms with Crippen molar-refractivity contribution >= 4 is 16.9 Å². The van der Waals surface area contributed by atoms with E-state index in [1.807, 2.05) is 12.4 Å². The van der Waals surface area contributed by atoms with E-state index in [4.69, 9.17) is 4.98 Å². The van der Waals surface area contributed by atoms with Crippen molar-refractivity contribution in [1.29, 1.82) is 0 Å². The summed E-state index contributed by atoms with van der Waals surface area (Å²) in [5.41, 5.74) is 8.12. The topological polar surface area (TPSA) is 33.4 Å². The Labute approximate surface area is 147 Å². The number of hydrogen-bond donors (Lipinski definition) is 0. The van der Waals surface area contributed by atoms with E-state index >= 15 is 0 Å². The van der Waals surface area contributed by atoms with Crippen molar-refractivity contribution in [2.75, 3.05) is 0 Å². The van der Waals surface area contributed by atoms with Gasteiger partial charge in [-0.3, -0.25) is 4.98 Å². The molecule has 124 valence electrons. The second-order valence-electron chi connectivity index (χ2n) is 7.06. The molecule has 3 aromatic heterocycles. The van der Waals surface area contributed by atoms with Crippen molar-refractivity contribution in [3.63, 3.8) is 0 Å². The minimum absolute atomic E-state index is 0.681. The zero-order valence-electron chi connectivity index (χ0n) is 14.3. The molecule has 1 saturated carbocycles. The molecule has 0 spiro atoms. The van der Waals surface area contributed by atoms with Crippen molar-refractivity contribution < 1.29 is 0 Å². The summed E-state index contributed by atoms with van der Waals surface area (Å²) < 4.78 is 2.10. The van der Waals surface area contributed by atoms with Gasteiger partial charge in [0.2, 0.25) is 0 Å². The maximum Gasteiger partial charge on any atom is 0.137 e. The first-order valence-corrected chi connectivity index (χ1v) is 8.75. The number of hydrogen-bond acceptors (Lipinski definition) is 3. The van der Waals surface area contributed by atoms with Crippen LogP contribution in [-0.2, 0) is 6.54 Å². The number of aromatic nitrogens is 3. The van der Waals surface area contributed by atoms with Gasteiger partial charge in [0.05, 0.1) is 12.2 Å². The second kappa shape index (κ2) is 5.31. The van der Waals surface area contributed by atoms with E-state index in [9.17, 15) is 0 Å². The van der Waals surface area contributed by atoms with Crippen LogP contribution in [0.3, 0.4) is 0 Å². The minimum atomic E-state index is 0.681. The van der Waals surface area contributed by atoms with Crippen molar-refractivity contribution in [2.45, 2.75) is 26.3 Å². The van der Waals surface area contributed by atoms with E-state index < -0.39 is 0 Å². The Kier molecular flexibility index (Phi) is 3.07. The van der Waals surface area contributed by atoms with Gasteiger partial charge in [0, 0.05) is 42.2 Å². The number of nitrogens with zero attached hydrogens (tertiary/aromatic N) is 4. The van der Waals surface area contributed by atoms with E-state index in [1.54, 1.807) is 0 Å². The first-order valence-electron chi connectivity index (χ1n) is 8.75. The summed E-state index contributed by atoms with van der Waals surface area (Å²) in [5, 5.41) is 0. The third-order valence-electron chi connectivity index (χ3n) is 5.08. The third kappa shape index (κ3) is 2.45. The number of rotatable bonds is 3. The SMILES string of the molecule is C=C1c2cnccc2C(C2CC2)=CN1Cc1cn2cc(C)ccc2n1. The van der Waals surface area contributed by atoms with Crippen LogP contribution in [-0.4, -0.2) is 19.3 Å². The molecule has 4 heteroatoms. The molecule has 0 amide bonds. The summed E-state index contributed by atoms with van der Waals surface area (Å²) in [6.07, 6.45) is 12.9. The van der Waals surface area contributed by atoms with E-state index in [0.29, 0.717) is 5.92 Å². The zero-order chi connectivity index (χ0) is 17.0. The molecule has 3 aromatic rings. The second-order valence-corrected chi connectivity index (χ2v) is 7.06. The van der Waals surface area contributed by atoms with Crippen LogP contribution < -0.4 is 0 Å². The molecule has 4 heterocycles. The van der Waals surface area contributed by atoms with Crippen LogP contribution >= 0.6 is 0 Å². The molecule has 5 rings (SSSR count). The lowest BCUT2D eigenvalue weighted by molar-refractivity contribution is 0.515. The molecule has 0 unspecified atom stereocenters. The number of aryl methyl sites for hydroxylation is 1. The first kappa shape index (κ1) is 14.5. The fourth-order valence-electron chi connectivity index (χ4n) is 3.61. The van der Waals surface area contributed by atoms with Gasteiger partial charge >= 0.3 is 0 Å². The van der Waals surface area contributed by atoms with Gasteiger partial charge in [-0.1, -0.05) is 12.6 Å². The fraction of sp³-hybridized carbons (Fsp3) is 0.238. The lowest BCUT2D eigenvalue weighted by Crippen LogP contribution is -2.20. The quantitative estimate of drug-likeness (QED) is 0.720. The molecule has 0 N–H and O–H groups in total. The number of imidazole rings is 1. The Hall–Kier alpha value is -2.88. The van der Waals surface area contributed by atoms with Gasteiger partial charge < -0.3 is 9.30 Å². The van der Waals surface area contributed by atoms with Crippen LogP contribution in [0.2, 0.25) is 0 Å². The molecular weight excluding hydrogens is 308 g/mol. The maximum absolute atomic E-state index is 4.76. The standard InChI is InChI=1S/C21H20N4/c1-14-3-6-21-23-17(12-25(21)10-14)11-24-13-20(16-4-5-16)18-7-8-22-9-19(18)15(24)2/h3,6-10,12-13,16H,2,4-5,11H2,1H3. The van der Waals surface area contributed by atoms with E-state index in [-0.39, 0.29) is 0 Å². The van der Waals surface area contributed by atoms with Gasteiger partial charge in [0.25, 0.3) is 0 Å². The third-order valence-corrected chi connectivity index (χ3v) is 5.08. The Balaban J connectivity index is 1.52. The lowest BCUT2D eigenvalue weighted by Gasteiger charge is -2.30. The van der Waals surface area contributed by atoms with Crippen molar-refractivity contribution in [3.05, 3.63) is 78.1 Å². The smallest absolute Gasteiger partial charge is 0.137 e. The molecule has 0 aromatic carbocycles. The molecule has 0 bridgehead atoms. The van der Waals surface area contributed by atoms with Crippen LogP contribution in [0.1, 0.15) is 35.2 Å². The molecule has 1 aliphatic carbocycles. The van der Waals surface area contributed by atoms with Crippen LogP contribution in [0.5, 0.6) is 0 Å². The first-order chi connectivity index (χ1) is 12.2. The fourth-order valence-corrected chi connectivity index (χ4v) is 3.61. The summed E-state index contributed by atoms with van der Waals surface area (Å²) in [4.78, 5) is 11.3. The molecule has 2 aliphatic rings. The van der Waals surface area contributed by atoms with Gasteiger partial charge in [-0.25, -0.2) is 4.98 Å². The lowest BCUT2D eigenvalue weighted by atomic mass is 9.93. The molecule has 0 atom stereocenters. The average Bonchev–Trinajstić information content (AvgIpc) is 3.38. The van der Waals surface area contributed by atoms with Gasteiger partial charge in [-0.15, -0.1) is 0 Å². The van der Waals surface area contributed by atoms with E-state index in [2.05, 4.69) is 64.6 Å². The molecular formula is C21H20N4. The Morgan fingerprint density at radius 2 is 2.04 bits per heavy atom. The highest BCUT2D eigenvalue weighted by Gasteiger charge is 2.32. The highest BCUT2D eigenvalue weighted by atomic mass is 15.1. The van der Waals surface area contributed by atoms with Gasteiger partial charge in [-0.05, 0) is 54.5 Å². The van der Waals surface area contributed by atoms with Gasteiger partial charge in [0.15, 0.2) is 0 Å². The Morgan fingerprint density at radius 1 is 1.16 bits per heavy atom. The Morgan fingerprint density at radius 3 is 2.88 bits per heavy atom. The molecule has 1 fully saturated rings. The van der Waals surface area contributed by atoms with Crippen LogP contribution in [0, 0.1) is 12.8 Å². The monoisotopic (exact) mass is 328 g/mol. The van der Waals surface area contributed by atoms with Gasteiger partial charge in [0.1, 0.15) is 5.65 Å². The van der Waals surface area contributed by atoms with Crippen molar-refractivity contribution in [2.24, 2.45) is 5.92 Å². The summed E-state index contributed by atoms with van der Waals surface area (Å²) >= 11 is 0. The zero-order valence-corrected chi connectivity index (χ0v) is 14.3. The number of fused-ring (bicyclic) bond motifs is 2. The average molecular weight is 328 g/mol. The maximum atomic E-state index is 4.76. The molecule has 4 nitrogen and oxygen atoms in total. The predicted octanol–water partition coefficient (Wildman–Crippen LogP) is 4.28. The van der Waals surface area contributed by atoms with Crippen LogP contribution in [0.4, 0.5) is 0 Å². The molecule has 25 heavy (non-hydrogen) atoms. The summed E-state index contributed by atoms with van der Waals surface area (Å²) in [7, 11) is 0. The highest BCUT2D eigenvalue weighted by Crippen LogP contribution is 2.46. The van der Waals surface area contributed by atoms with E-state index in [0.717, 1.165) is 29.1 Å². The molecule has 0 saturated heterocycles. The van der Waals surface area contributed by atoms with E-state index in [1.165, 1.54) is 29.5 Å². The largest absolute Gasteiger partial charge is 0.342 e. The van der Waals surface area contributed by atoms with Crippen LogP contribution in [0.15, 0.2) is 55.8 Å². The van der Waals surface area contributed by atoms with Crippen LogP contribution in [0.25, 0.3) is 16.9 Å². The molecule has 1 aliphatic heterocycles. The predicted molar refractivity (Wildman–Crippen MR) is 99.4 cm³/mol. The normalized spacial score (nSPS) is 16.9. The Bertz CT molecular complexity index is 1020. The summed E-state index contributed by atoms with van der Waals surface area (Å²) in [6, 6.07) is 6.28. The summed E-state index contributed by atoms with van der Waals surface area (Å²) in [6.45, 7) is 7.15. The van der Waals surface area contributed by atoms with Gasteiger partial charge in [-0.2, -0.15) is 0 Å². The number of pyridine rings is 2. The van der Waals surface area contributed by atoms with Crippen molar-refractivity contribution in [3.8, 4) is 0 Å².